The minimum atomic E-state index is -4.73. The zero-order chi connectivity index (χ0) is 26.9. The van der Waals surface area contributed by atoms with E-state index in [9.17, 15) is 28.2 Å². The highest BCUT2D eigenvalue weighted by atomic mass is 19.4. The monoisotopic (exact) mass is 527 g/mol. The Hall–Kier alpha value is -4.03. The van der Waals surface area contributed by atoms with Crippen LogP contribution in [0.2, 0.25) is 0 Å². The van der Waals surface area contributed by atoms with Crippen LogP contribution in [0.5, 0.6) is 0 Å². The number of hydrogen-bond donors (Lipinski definition) is 2. The fourth-order valence-electron chi connectivity index (χ4n) is 4.62. The summed E-state index contributed by atoms with van der Waals surface area (Å²) in [6.45, 7) is 1.39. The van der Waals surface area contributed by atoms with Crippen molar-refractivity contribution in [2.45, 2.75) is 25.1 Å². The van der Waals surface area contributed by atoms with Crippen LogP contribution in [0.4, 0.5) is 13.2 Å². The van der Waals surface area contributed by atoms with Crippen molar-refractivity contribution in [1.29, 1.82) is 0 Å². The molecule has 2 aromatic carbocycles. The van der Waals surface area contributed by atoms with E-state index in [0.717, 1.165) is 17.3 Å². The lowest BCUT2D eigenvalue weighted by molar-refractivity contribution is -0.144. The molecule has 0 unspecified atom stereocenters. The maximum absolute atomic E-state index is 14.0. The number of carboxylic acids is 1. The van der Waals surface area contributed by atoms with E-state index in [1.54, 1.807) is 42.5 Å². The zero-order valence-corrected chi connectivity index (χ0v) is 20.0. The fourth-order valence-corrected chi connectivity index (χ4v) is 4.62. The smallest absolute Gasteiger partial charge is 0.434 e. The van der Waals surface area contributed by atoms with Gasteiger partial charge in [0.25, 0.3) is 5.89 Å². The van der Waals surface area contributed by atoms with E-state index in [-0.39, 0.29) is 23.0 Å². The second-order valence-corrected chi connectivity index (χ2v) is 9.15. The number of carboxylic acid groups (broad SMARTS) is 1. The molecule has 12 heteroatoms. The number of aliphatic hydroxyl groups is 1. The largest absolute Gasteiger partial charge is 0.481 e. The summed E-state index contributed by atoms with van der Waals surface area (Å²) in [5.74, 6) is -1.51. The Morgan fingerprint density at radius 2 is 1.87 bits per heavy atom. The summed E-state index contributed by atoms with van der Waals surface area (Å²) in [5.41, 5.74) is -0.0288. The molecule has 0 bridgehead atoms. The number of alkyl halides is 3. The predicted molar refractivity (Wildman–Crippen MR) is 129 cm³/mol. The molecule has 4 aromatic rings. The lowest BCUT2D eigenvalue weighted by Crippen LogP contribution is -2.40. The van der Waals surface area contributed by atoms with Crippen molar-refractivity contribution < 1.29 is 32.7 Å². The standard InChI is InChI=1S/C26H24F3N5O4/c27-26(28,29)22-20(13-30-34(22)19-6-2-1-3-7-19)24-31-23(32-38-24)17-10-8-16(9-11-17)21(35)15-33-12-4-5-18(14-33)25(36)37/h1-3,6-11,13,18,21,35H,4-5,12,14-15H2,(H,36,37)/t18-,21-/m0/s1. The van der Waals surface area contributed by atoms with Crippen LogP contribution in [-0.4, -0.2) is 60.6 Å². The number of likely N-dealkylation sites (tertiary alicyclic amines) is 1. The van der Waals surface area contributed by atoms with Crippen LogP contribution < -0.4 is 0 Å². The minimum absolute atomic E-state index is 0.0851. The number of carbonyl (C=O) groups is 1. The maximum Gasteiger partial charge on any atom is 0.434 e. The number of rotatable bonds is 7. The summed E-state index contributed by atoms with van der Waals surface area (Å²) in [6, 6.07) is 14.6. The van der Waals surface area contributed by atoms with E-state index in [4.69, 9.17) is 4.52 Å². The molecule has 3 heterocycles. The van der Waals surface area contributed by atoms with Gasteiger partial charge in [-0.2, -0.15) is 23.3 Å². The third-order valence-corrected chi connectivity index (χ3v) is 6.53. The number of aromatic nitrogens is 4. The van der Waals surface area contributed by atoms with E-state index in [1.165, 1.54) is 12.1 Å². The highest BCUT2D eigenvalue weighted by Crippen LogP contribution is 2.38. The molecule has 1 aliphatic heterocycles. The summed E-state index contributed by atoms with van der Waals surface area (Å²) in [6.07, 6.45) is -3.14. The number of hydrogen-bond acceptors (Lipinski definition) is 7. The molecule has 5 rings (SSSR count). The molecule has 0 radical (unpaired) electrons. The van der Waals surface area contributed by atoms with Crippen LogP contribution in [0.3, 0.4) is 0 Å². The van der Waals surface area contributed by atoms with E-state index in [2.05, 4.69) is 15.2 Å². The van der Waals surface area contributed by atoms with Gasteiger partial charge in [0.2, 0.25) is 5.82 Å². The quantitative estimate of drug-likeness (QED) is 0.362. The molecule has 1 saturated heterocycles. The Morgan fingerprint density at radius 1 is 1.13 bits per heavy atom. The molecule has 0 amide bonds. The SMILES string of the molecule is O=C(O)[C@H]1CCCN(C[C@H](O)c2ccc(-c3noc(-c4cnn(-c5ccccc5)c4C(F)(F)F)n3)cc2)C1. The van der Waals surface area contributed by atoms with E-state index in [1.807, 2.05) is 4.90 Å². The van der Waals surface area contributed by atoms with Crippen LogP contribution >= 0.6 is 0 Å². The van der Waals surface area contributed by atoms with Crippen molar-refractivity contribution in [3.63, 3.8) is 0 Å². The molecule has 0 spiro atoms. The Morgan fingerprint density at radius 3 is 2.55 bits per heavy atom. The molecule has 0 saturated carbocycles. The Labute approximate surface area is 215 Å². The highest BCUT2D eigenvalue weighted by molar-refractivity contribution is 5.70. The zero-order valence-electron chi connectivity index (χ0n) is 20.0. The van der Waals surface area contributed by atoms with Gasteiger partial charge in [-0.15, -0.1) is 0 Å². The molecule has 0 aliphatic carbocycles. The van der Waals surface area contributed by atoms with Crippen molar-refractivity contribution in [2.75, 3.05) is 19.6 Å². The number of benzene rings is 2. The summed E-state index contributed by atoms with van der Waals surface area (Å²) in [4.78, 5) is 17.4. The summed E-state index contributed by atoms with van der Waals surface area (Å²) < 4.78 is 47.9. The van der Waals surface area contributed by atoms with Crippen LogP contribution in [0.25, 0.3) is 28.5 Å². The number of halogens is 3. The topological polar surface area (TPSA) is 118 Å². The lowest BCUT2D eigenvalue weighted by atomic mass is 9.97. The minimum Gasteiger partial charge on any atom is -0.481 e. The molecule has 1 aliphatic rings. The number of nitrogens with zero attached hydrogens (tertiary/aromatic N) is 5. The molecule has 198 valence electrons. The number of para-hydroxylation sites is 1. The molecule has 1 fully saturated rings. The average molecular weight is 528 g/mol. The lowest BCUT2D eigenvalue weighted by Gasteiger charge is -2.32. The Bertz CT molecular complexity index is 1400. The van der Waals surface area contributed by atoms with Gasteiger partial charge in [0.1, 0.15) is 0 Å². The number of piperidine rings is 1. The second-order valence-electron chi connectivity index (χ2n) is 9.15. The summed E-state index contributed by atoms with van der Waals surface area (Å²) in [5, 5.41) is 27.7. The predicted octanol–water partition coefficient (Wildman–Crippen LogP) is 4.44. The van der Waals surface area contributed by atoms with Crippen molar-refractivity contribution >= 4 is 5.97 Å². The van der Waals surface area contributed by atoms with Crippen LogP contribution in [0.15, 0.2) is 65.3 Å². The average Bonchev–Trinajstić information content (AvgIpc) is 3.57. The number of aliphatic carboxylic acids is 1. The van der Waals surface area contributed by atoms with Crippen molar-refractivity contribution in [3.8, 4) is 28.5 Å². The van der Waals surface area contributed by atoms with Gasteiger partial charge in [-0.1, -0.05) is 47.6 Å². The second kappa shape index (κ2) is 10.4. The third-order valence-electron chi connectivity index (χ3n) is 6.53. The Balaban J connectivity index is 1.34. The normalized spacial score (nSPS) is 17.4. The van der Waals surface area contributed by atoms with E-state index in [0.29, 0.717) is 37.2 Å². The molecule has 9 nitrogen and oxygen atoms in total. The van der Waals surface area contributed by atoms with Crippen molar-refractivity contribution in [1.82, 2.24) is 24.8 Å². The molecule has 38 heavy (non-hydrogen) atoms. The van der Waals surface area contributed by atoms with E-state index < -0.39 is 29.9 Å². The van der Waals surface area contributed by atoms with Crippen LogP contribution in [0.1, 0.15) is 30.2 Å². The first-order valence-corrected chi connectivity index (χ1v) is 12.0. The van der Waals surface area contributed by atoms with Crippen LogP contribution in [0, 0.1) is 5.92 Å². The van der Waals surface area contributed by atoms with Gasteiger partial charge >= 0.3 is 12.1 Å². The molecule has 2 atom stereocenters. The summed E-state index contributed by atoms with van der Waals surface area (Å²) >= 11 is 0. The fraction of sp³-hybridized carbons (Fsp3) is 0.308. The van der Waals surface area contributed by atoms with Gasteiger partial charge in [-0.25, -0.2) is 4.68 Å². The van der Waals surface area contributed by atoms with E-state index >= 15 is 0 Å². The first-order chi connectivity index (χ1) is 18.2. The molecular weight excluding hydrogens is 503 g/mol. The molecular formula is C26H24F3N5O4. The first kappa shape index (κ1) is 25.6. The van der Waals surface area contributed by atoms with Gasteiger partial charge < -0.3 is 14.7 Å². The van der Waals surface area contributed by atoms with Gasteiger partial charge in [0, 0.05) is 18.7 Å². The van der Waals surface area contributed by atoms with Gasteiger partial charge in [0.15, 0.2) is 5.69 Å². The summed E-state index contributed by atoms with van der Waals surface area (Å²) in [7, 11) is 0. The maximum atomic E-state index is 14.0. The van der Waals surface area contributed by atoms with Crippen LogP contribution in [-0.2, 0) is 11.0 Å². The number of β-amino-alcohol motifs (C(OH)–C–C–N with tert-alkyl or cyclic N) is 1. The highest BCUT2D eigenvalue weighted by Gasteiger charge is 2.40. The van der Waals surface area contributed by atoms with Crippen molar-refractivity contribution in [2.24, 2.45) is 5.92 Å². The first-order valence-electron chi connectivity index (χ1n) is 12.0. The van der Waals surface area contributed by atoms with Gasteiger partial charge in [-0.05, 0) is 37.1 Å². The van der Waals surface area contributed by atoms with Crippen molar-refractivity contribution in [3.05, 3.63) is 72.1 Å². The van der Waals surface area contributed by atoms with Gasteiger partial charge in [-0.3, -0.25) is 9.69 Å². The molecule has 2 aromatic heterocycles. The third kappa shape index (κ3) is 5.31. The molecule has 2 N–H and O–H groups in total. The Kier molecular flexibility index (Phi) is 7.00. The van der Waals surface area contributed by atoms with Gasteiger partial charge in [0.05, 0.1) is 29.5 Å². The number of aliphatic hydroxyl groups excluding tert-OH is 1.